The van der Waals surface area contributed by atoms with Crippen LogP contribution < -0.4 is 15.6 Å². The summed E-state index contributed by atoms with van der Waals surface area (Å²) in [7, 11) is 1.30. The molecule has 166 valence electrons. The van der Waals surface area contributed by atoms with Gasteiger partial charge in [-0.15, -0.1) is 0 Å². The molecule has 0 saturated heterocycles. The van der Waals surface area contributed by atoms with Crippen molar-refractivity contribution >= 4 is 29.3 Å². The molecule has 0 radical (unpaired) electrons. The van der Waals surface area contributed by atoms with Crippen LogP contribution >= 0.6 is 11.6 Å². The molecule has 32 heavy (non-hydrogen) atoms. The summed E-state index contributed by atoms with van der Waals surface area (Å²) in [4.78, 5) is 28.6. The second kappa shape index (κ2) is 9.61. The Labute approximate surface area is 185 Å². The number of hydrogen-bond donors (Lipinski definition) is 2. The van der Waals surface area contributed by atoms with Gasteiger partial charge in [0.25, 0.3) is 0 Å². The van der Waals surface area contributed by atoms with E-state index in [0.717, 1.165) is 23.3 Å². The van der Waals surface area contributed by atoms with Crippen LogP contribution in [0.25, 0.3) is 11.1 Å². The highest BCUT2D eigenvalue weighted by Gasteiger charge is 2.33. The van der Waals surface area contributed by atoms with Gasteiger partial charge in [-0.3, -0.25) is 0 Å². The van der Waals surface area contributed by atoms with Crippen LogP contribution in [0.2, 0.25) is 5.02 Å². The van der Waals surface area contributed by atoms with Gasteiger partial charge in [-0.05, 0) is 53.6 Å². The molecule has 0 aromatic heterocycles. The van der Waals surface area contributed by atoms with Crippen LogP contribution in [0.4, 0.5) is 23.7 Å². The molecule has 3 rings (SSSR count). The summed E-state index contributed by atoms with van der Waals surface area (Å²) in [5, 5.41) is 1.76. The molecule has 6 nitrogen and oxygen atoms in total. The molecule has 0 saturated carbocycles. The summed E-state index contributed by atoms with van der Waals surface area (Å²) < 4.78 is 43.4. The molecule has 2 N–H and O–H groups in total. The topological polar surface area (TPSA) is 76.7 Å². The van der Waals surface area contributed by atoms with E-state index in [0.29, 0.717) is 11.3 Å². The second-order valence-corrected chi connectivity index (χ2v) is 6.85. The molecule has 0 spiro atoms. The number of rotatable bonds is 5. The summed E-state index contributed by atoms with van der Waals surface area (Å²) in [6.45, 7) is 0. The third-order valence-corrected chi connectivity index (χ3v) is 4.61. The number of hydroxylamine groups is 1. The summed E-state index contributed by atoms with van der Waals surface area (Å²) in [6, 6.07) is 15.6. The van der Waals surface area contributed by atoms with Crippen LogP contribution in [0.5, 0.6) is 5.75 Å². The smallest absolute Gasteiger partial charge is 0.417 e. The highest BCUT2D eigenvalue weighted by Crippen LogP contribution is 2.36. The quantitative estimate of drug-likeness (QED) is 0.362. The number of esters is 1. The summed E-state index contributed by atoms with van der Waals surface area (Å²) in [5.74, 6) is -0.139. The fourth-order valence-corrected chi connectivity index (χ4v) is 2.94. The number of carbonyl (C=O) groups is 2. The Morgan fingerprint density at radius 1 is 0.906 bits per heavy atom. The molecule has 0 aliphatic carbocycles. The standard InChI is InChI=1S/C22H16ClF3N2O4/c1-31-20(29)15-4-2-13(3-5-15)14-6-9-17(10-7-14)32-28-21(30)27-16-8-11-19(23)18(12-16)22(24,25)26/h2-12H,1H3,(H2,27,28,30). The molecule has 3 aromatic carbocycles. The van der Waals surface area contributed by atoms with Gasteiger partial charge in [-0.2, -0.15) is 18.7 Å². The van der Waals surface area contributed by atoms with Crippen LogP contribution in [0, 0.1) is 0 Å². The summed E-state index contributed by atoms with van der Waals surface area (Å²) in [5.41, 5.74) is 3.03. The Balaban J connectivity index is 1.58. The number of nitrogens with one attached hydrogen (secondary N) is 2. The van der Waals surface area contributed by atoms with Crippen molar-refractivity contribution in [1.82, 2.24) is 5.48 Å². The van der Waals surface area contributed by atoms with Gasteiger partial charge in [0.05, 0.1) is 23.3 Å². The van der Waals surface area contributed by atoms with Crippen LogP contribution in [0.3, 0.4) is 0 Å². The Kier molecular flexibility index (Phi) is 6.89. The van der Waals surface area contributed by atoms with E-state index in [-0.39, 0.29) is 5.69 Å². The zero-order valence-corrected chi connectivity index (χ0v) is 17.3. The molecular formula is C22H16ClF3N2O4. The maximum atomic E-state index is 12.9. The highest BCUT2D eigenvalue weighted by atomic mass is 35.5. The average molecular weight is 465 g/mol. The molecule has 0 heterocycles. The van der Waals surface area contributed by atoms with Gasteiger partial charge in [0, 0.05) is 5.69 Å². The zero-order chi connectivity index (χ0) is 23.3. The predicted molar refractivity (Wildman–Crippen MR) is 112 cm³/mol. The number of halogens is 4. The van der Waals surface area contributed by atoms with Crippen molar-refractivity contribution < 1.29 is 32.3 Å². The highest BCUT2D eigenvalue weighted by molar-refractivity contribution is 6.31. The van der Waals surface area contributed by atoms with E-state index < -0.39 is 28.8 Å². The zero-order valence-electron chi connectivity index (χ0n) is 16.5. The van der Waals surface area contributed by atoms with Crippen molar-refractivity contribution in [3.63, 3.8) is 0 Å². The lowest BCUT2D eigenvalue weighted by Gasteiger charge is -2.12. The number of anilines is 1. The first-order valence-electron chi connectivity index (χ1n) is 9.07. The fourth-order valence-electron chi connectivity index (χ4n) is 2.71. The third kappa shape index (κ3) is 5.70. The summed E-state index contributed by atoms with van der Waals surface area (Å²) >= 11 is 5.55. The average Bonchev–Trinajstić information content (AvgIpc) is 2.78. The fraction of sp³-hybridized carbons (Fsp3) is 0.0909. The number of amides is 2. The van der Waals surface area contributed by atoms with Crippen molar-refractivity contribution in [3.8, 4) is 16.9 Å². The Hall–Kier alpha value is -3.72. The van der Waals surface area contributed by atoms with Gasteiger partial charge in [0.2, 0.25) is 0 Å². The molecular weight excluding hydrogens is 449 g/mol. The molecule has 0 bridgehead atoms. The van der Waals surface area contributed by atoms with Gasteiger partial charge in [-0.1, -0.05) is 35.9 Å². The molecule has 2 amide bonds. The van der Waals surface area contributed by atoms with E-state index in [1.54, 1.807) is 48.5 Å². The van der Waals surface area contributed by atoms with E-state index in [1.807, 2.05) is 0 Å². The normalized spacial score (nSPS) is 10.9. The first-order chi connectivity index (χ1) is 15.2. The molecule has 0 unspecified atom stereocenters. The number of carbonyl (C=O) groups excluding carboxylic acids is 2. The number of hydrogen-bond acceptors (Lipinski definition) is 4. The van der Waals surface area contributed by atoms with Crippen LogP contribution in [-0.4, -0.2) is 19.1 Å². The van der Waals surface area contributed by atoms with Crippen LogP contribution in [-0.2, 0) is 10.9 Å². The van der Waals surface area contributed by atoms with Gasteiger partial charge in [-0.25, -0.2) is 9.59 Å². The van der Waals surface area contributed by atoms with Gasteiger partial charge in [0.15, 0.2) is 5.75 Å². The lowest BCUT2D eigenvalue weighted by molar-refractivity contribution is -0.137. The molecule has 0 aliphatic rings. The third-order valence-electron chi connectivity index (χ3n) is 4.28. The minimum atomic E-state index is -4.65. The number of ether oxygens (including phenoxy) is 1. The van der Waals surface area contributed by atoms with E-state index >= 15 is 0 Å². The maximum absolute atomic E-state index is 12.9. The monoisotopic (exact) mass is 464 g/mol. The lowest BCUT2D eigenvalue weighted by Crippen LogP contribution is -2.31. The van der Waals surface area contributed by atoms with Gasteiger partial charge < -0.3 is 14.9 Å². The van der Waals surface area contributed by atoms with Gasteiger partial charge in [0.1, 0.15) is 0 Å². The predicted octanol–water partition coefficient (Wildman–Crippen LogP) is 5.93. The Morgan fingerprint density at radius 2 is 1.50 bits per heavy atom. The van der Waals surface area contributed by atoms with E-state index in [9.17, 15) is 22.8 Å². The largest absolute Gasteiger partial charge is 0.465 e. The van der Waals surface area contributed by atoms with Crippen molar-refractivity contribution in [3.05, 3.63) is 82.9 Å². The van der Waals surface area contributed by atoms with Crippen molar-refractivity contribution in [1.29, 1.82) is 0 Å². The Morgan fingerprint density at radius 3 is 2.06 bits per heavy atom. The SMILES string of the molecule is COC(=O)c1ccc(-c2ccc(ONC(=O)Nc3ccc(Cl)c(C(F)(F)F)c3)cc2)cc1. The molecule has 10 heteroatoms. The molecule has 3 aromatic rings. The van der Waals surface area contributed by atoms with Crippen molar-refractivity contribution in [2.24, 2.45) is 0 Å². The summed E-state index contributed by atoms with van der Waals surface area (Å²) in [6.07, 6.45) is -4.65. The minimum Gasteiger partial charge on any atom is -0.465 e. The number of urea groups is 1. The molecule has 0 atom stereocenters. The van der Waals surface area contributed by atoms with Crippen molar-refractivity contribution in [2.75, 3.05) is 12.4 Å². The number of alkyl halides is 3. The van der Waals surface area contributed by atoms with Gasteiger partial charge >= 0.3 is 18.2 Å². The number of methoxy groups -OCH3 is 1. The van der Waals surface area contributed by atoms with Crippen LogP contribution in [0.15, 0.2) is 66.7 Å². The minimum absolute atomic E-state index is 0.103. The number of benzene rings is 3. The van der Waals surface area contributed by atoms with E-state index in [1.165, 1.54) is 13.2 Å². The van der Waals surface area contributed by atoms with Crippen LogP contribution in [0.1, 0.15) is 15.9 Å². The lowest BCUT2D eigenvalue weighted by atomic mass is 10.0. The Bertz CT molecular complexity index is 1120. The van der Waals surface area contributed by atoms with E-state index in [4.69, 9.17) is 16.4 Å². The van der Waals surface area contributed by atoms with Crippen molar-refractivity contribution in [2.45, 2.75) is 6.18 Å². The van der Waals surface area contributed by atoms with E-state index in [2.05, 4.69) is 15.5 Å². The maximum Gasteiger partial charge on any atom is 0.417 e. The molecule has 0 fully saturated rings. The first-order valence-corrected chi connectivity index (χ1v) is 9.44. The molecule has 0 aliphatic heterocycles. The second-order valence-electron chi connectivity index (χ2n) is 6.44. The first kappa shape index (κ1) is 23.0.